The lowest BCUT2D eigenvalue weighted by atomic mass is 10.2. The molecule has 0 aromatic heterocycles. The van der Waals surface area contributed by atoms with Gasteiger partial charge in [-0.2, -0.15) is 0 Å². The molecular weight excluding hydrogens is 861 g/mol. The van der Waals surface area contributed by atoms with Crippen LogP contribution in [0, 0.1) is 50.1 Å². The van der Waals surface area contributed by atoms with Crippen LogP contribution in [0.3, 0.4) is 0 Å². The minimum Gasteiger partial charge on any atom is -0.489 e. The van der Waals surface area contributed by atoms with Gasteiger partial charge in [-0.1, -0.05) is 86.4 Å². The molecule has 7 aromatic carbocycles. The van der Waals surface area contributed by atoms with Gasteiger partial charge in [0.1, 0.15) is 98.6 Å². The SMILES string of the molecule is C#COc1ccc(COc2ccc(COc3cc(CO)cc(OCc4ccc(OCc5ccc(OC#C)cc5)c(OCc5ccc(OC#C)cc5)c4)c3)cc2OCc2ccc(OC#C)cc2)cc1.[HH].[HH].[HH].[HH].[HH].[HH].[HH].[HH].[HH].[HH].[HH].[HH]. The minimum absolute atomic E-state index is 0. The molecule has 0 aliphatic carbocycles. The molecule has 0 heterocycles. The molecule has 1 N–H and O–H groups in total. The molecule has 0 radical (unpaired) electrons. The van der Waals surface area contributed by atoms with E-state index in [1.807, 2.05) is 84.9 Å². The fourth-order valence-electron chi connectivity index (χ4n) is 6.50. The summed E-state index contributed by atoms with van der Waals surface area (Å²) in [6.07, 6.45) is 29.7. The highest BCUT2D eigenvalue weighted by Gasteiger charge is 2.13. The van der Waals surface area contributed by atoms with E-state index >= 15 is 0 Å². The number of hydrogen-bond donors (Lipinski definition) is 1. The van der Waals surface area contributed by atoms with Crippen molar-refractivity contribution < 1.29 is 69.6 Å². The Morgan fingerprint density at radius 3 is 0.868 bits per heavy atom. The summed E-state index contributed by atoms with van der Waals surface area (Å²) in [7, 11) is 0. The Morgan fingerprint density at radius 1 is 0.294 bits per heavy atom. The summed E-state index contributed by atoms with van der Waals surface area (Å²) in [5, 5.41) is 10.2. The molecule has 11 heteroatoms. The molecule has 362 valence electrons. The highest BCUT2D eigenvalue weighted by Crippen LogP contribution is 2.34. The number of hydrogen-bond acceptors (Lipinski definition) is 11. The van der Waals surface area contributed by atoms with Gasteiger partial charge in [-0.05, 0) is 124 Å². The fourth-order valence-corrected chi connectivity index (χ4v) is 6.50. The van der Waals surface area contributed by atoms with Gasteiger partial charge in [0, 0.05) is 23.2 Å². The Labute approximate surface area is 413 Å². The van der Waals surface area contributed by atoms with Crippen LogP contribution in [0.2, 0.25) is 0 Å². The van der Waals surface area contributed by atoms with Gasteiger partial charge in [-0.15, -0.1) is 0 Å². The Morgan fingerprint density at radius 2 is 0.574 bits per heavy atom. The Kier molecular flexibility index (Phi) is 16.6. The summed E-state index contributed by atoms with van der Waals surface area (Å²) in [6.45, 7) is 1.13. The molecule has 0 spiro atoms. The number of aliphatic hydroxyl groups is 1. The molecule has 68 heavy (non-hydrogen) atoms. The molecule has 0 aliphatic rings. The van der Waals surface area contributed by atoms with E-state index in [0.717, 1.165) is 33.4 Å². The average molecular weight is 929 g/mol. The van der Waals surface area contributed by atoms with Crippen LogP contribution in [-0.4, -0.2) is 5.11 Å². The van der Waals surface area contributed by atoms with Crippen molar-refractivity contribution in [2.24, 2.45) is 0 Å². The second-order valence-electron chi connectivity index (χ2n) is 14.7. The quantitative estimate of drug-likeness (QED) is 0.0619. The average Bonchev–Trinajstić information content (AvgIpc) is 3.37. The fraction of sp³-hybridized carbons (Fsp3) is 0.123. The maximum Gasteiger partial charge on any atom is 0.162 e. The molecule has 0 saturated heterocycles. The zero-order valence-electron chi connectivity index (χ0n) is 36.7. The lowest BCUT2D eigenvalue weighted by Gasteiger charge is -2.16. The van der Waals surface area contributed by atoms with Crippen molar-refractivity contribution in [2.45, 2.75) is 46.2 Å². The Balaban J connectivity index is -0.00000114. The Bertz CT molecular complexity index is 2770. The summed E-state index contributed by atoms with van der Waals surface area (Å²) in [6, 6.07) is 45.6. The van der Waals surface area contributed by atoms with Crippen LogP contribution in [0.25, 0.3) is 0 Å². The van der Waals surface area contributed by atoms with Gasteiger partial charge in [0.05, 0.1) is 6.61 Å². The predicted molar refractivity (Wildman–Crippen MR) is 280 cm³/mol. The van der Waals surface area contributed by atoms with Gasteiger partial charge >= 0.3 is 0 Å². The largest absolute Gasteiger partial charge is 0.489 e. The number of ether oxygens (including phenoxy) is 10. The second kappa shape index (κ2) is 24.1. The first-order valence-corrected chi connectivity index (χ1v) is 21.0. The highest BCUT2D eigenvalue weighted by atomic mass is 16.5. The molecule has 11 nitrogen and oxygen atoms in total. The molecule has 0 saturated carbocycles. The smallest absolute Gasteiger partial charge is 0.162 e. The molecule has 0 unspecified atom stereocenters. The number of terminal acetylenes is 4. The molecule has 0 fully saturated rings. The van der Waals surface area contributed by atoms with E-state index in [0.29, 0.717) is 63.1 Å². The van der Waals surface area contributed by atoms with E-state index in [4.69, 9.17) is 73.1 Å². The lowest BCUT2D eigenvalue weighted by molar-refractivity contribution is 0.252. The van der Waals surface area contributed by atoms with Gasteiger partial charge in [0.15, 0.2) is 23.0 Å². The van der Waals surface area contributed by atoms with Crippen LogP contribution in [0.1, 0.15) is 56.1 Å². The summed E-state index contributed by atoms with van der Waals surface area (Å²) < 4.78 is 58.1. The molecule has 0 aliphatic heterocycles. The third kappa shape index (κ3) is 13.9. The monoisotopic (exact) mass is 928 g/mol. The van der Waals surface area contributed by atoms with E-state index < -0.39 is 0 Å². The summed E-state index contributed by atoms with van der Waals surface area (Å²) in [5.74, 6) is 5.28. The summed E-state index contributed by atoms with van der Waals surface area (Å²) >= 11 is 0. The van der Waals surface area contributed by atoms with Crippen molar-refractivity contribution in [3.63, 3.8) is 0 Å². The third-order valence-corrected chi connectivity index (χ3v) is 9.93. The first-order chi connectivity index (χ1) is 33.4. The zero-order chi connectivity index (χ0) is 47.3. The van der Waals surface area contributed by atoms with Gasteiger partial charge in [-0.25, -0.2) is 0 Å². The van der Waals surface area contributed by atoms with Crippen LogP contribution in [0.4, 0.5) is 0 Å². The second-order valence-corrected chi connectivity index (χ2v) is 14.7. The minimum atomic E-state index is -0.230. The number of benzene rings is 7. The lowest BCUT2D eigenvalue weighted by Crippen LogP contribution is -2.04. The van der Waals surface area contributed by atoms with Crippen molar-refractivity contribution in [3.05, 3.63) is 191 Å². The van der Waals surface area contributed by atoms with Gasteiger partial charge in [0.25, 0.3) is 0 Å². The maximum atomic E-state index is 10.2. The maximum absolute atomic E-state index is 10.2. The predicted octanol–water partition coefficient (Wildman–Crippen LogP) is 13.5. The topological polar surface area (TPSA) is 113 Å². The first kappa shape index (κ1) is 46.7. The van der Waals surface area contributed by atoms with E-state index in [-0.39, 0.29) is 63.4 Å². The molecule has 0 bridgehead atoms. The van der Waals surface area contributed by atoms with E-state index in [2.05, 4.69) is 24.4 Å². The van der Waals surface area contributed by atoms with Gasteiger partial charge < -0.3 is 52.5 Å². The van der Waals surface area contributed by atoms with Crippen molar-refractivity contribution in [1.82, 2.24) is 0 Å². The van der Waals surface area contributed by atoms with E-state index in [1.54, 1.807) is 66.7 Å². The van der Waals surface area contributed by atoms with Crippen LogP contribution < -0.4 is 47.4 Å². The molecule has 0 amide bonds. The van der Waals surface area contributed by atoms with Crippen molar-refractivity contribution in [2.75, 3.05) is 0 Å². The summed E-state index contributed by atoms with van der Waals surface area (Å²) in [5.41, 5.74) is 5.80. The molecule has 7 rings (SSSR count). The number of aliphatic hydroxyl groups excluding tert-OH is 1. The Hall–Kier alpha value is -9.26. The van der Waals surface area contributed by atoms with Gasteiger partial charge in [0.2, 0.25) is 0 Å². The van der Waals surface area contributed by atoms with Crippen LogP contribution in [-0.2, 0) is 46.2 Å². The van der Waals surface area contributed by atoms with Crippen molar-refractivity contribution in [1.29, 1.82) is 0 Å². The zero-order valence-corrected chi connectivity index (χ0v) is 36.7. The summed E-state index contributed by atoms with van der Waals surface area (Å²) in [4.78, 5) is 0. The normalized spacial score (nSPS) is 10.2. The third-order valence-electron chi connectivity index (χ3n) is 9.93. The van der Waals surface area contributed by atoms with E-state index in [9.17, 15) is 5.11 Å². The van der Waals surface area contributed by atoms with Crippen LogP contribution in [0.15, 0.2) is 152 Å². The van der Waals surface area contributed by atoms with Crippen molar-refractivity contribution >= 4 is 0 Å². The molecular formula is C57H68O11. The first-order valence-electron chi connectivity index (χ1n) is 21.0. The molecule has 7 aromatic rings. The van der Waals surface area contributed by atoms with E-state index in [1.165, 1.54) is 0 Å². The number of rotatable bonds is 23. The van der Waals surface area contributed by atoms with Gasteiger partial charge in [-0.3, -0.25) is 0 Å². The highest BCUT2D eigenvalue weighted by molar-refractivity contribution is 5.46. The molecule has 0 atom stereocenters. The standard InChI is InChI=1S/C57H44O11.12H2/c1-5-59-48-19-9-41(10-20-48)35-65-54-27-17-45(31-56(54)67-37-43-13-23-50(24-14-43)61-7-3)39-63-52-29-47(34-58)30-53(33-52)64-40-46-18-28-55(66-36-42-11-21-49(22-12-42)60-6-2)57(32-46)68-38-44-15-25-51(26-16-44)62-8-4;;;;;;;;;;;;/h1-4,9-33,58H,34-40H2;12*1H. The van der Waals surface area contributed by atoms with Crippen LogP contribution >= 0.6 is 0 Å². The van der Waals surface area contributed by atoms with Crippen molar-refractivity contribution in [3.8, 4) is 108 Å². The van der Waals surface area contributed by atoms with Crippen LogP contribution in [0.5, 0.6) is 57.5 Å².